The number of carbonyl (C=O) groups excluding carboxylic acids is 2. The van der Waals surface area contributed by atoms with Crippen molar-refractivity contribution in [1.29, 1.82) is 0 Å². The number of ether oxygens (including phenoxy) is 1. The number of hydrogen-bond donors (Lipinski definition) is 3. The average molecular weight is 465 g/mol. The number of rotatable bonds is 9. The van der Waals surface area contributed by atoms with Gasteiger partial charge in [-0.05, 0) is 47.9 Å². The highest BCUT2D eigenvalue weighted by atomic mass is 16.5. The Balaban J connectivity index is 1.28. The Morgan fingerprint density at radius 3 is 2.29 bits per heavy atom. The molecule has 2 aliphatic rings. The van der Waals surface area contributed by atoms with Crippen molar-refractivity contribution in [3.05, 3.63) is 59.7 Å². The van der Waals surface area contributed by atoms with Crippen LogP contribution in [0, 0.1) is 5.92 Å². The van der Waals surface area contributed by atoms with E-state index in [1.54, 1.807) is 0 Å². The zero-order valence-corrected chi connectivity index (χ0v) is 19.5. The van der Waals surface area contributed by atoms with Crippen molar-refractivity contribution in [3.8, 4) is 11.1 Å². The van der Waals surface area contributed by atoms with E-state index in [0.29, 0.717) is 25.7 Å². The molecule has 2 amide bonds. The first-order chi connectivity index (χ1) is 16.5. The number of carboxylic acid groups (broad SMARTS) is 1. The molecule has 4 rings (SSSR count). The lowest BCUT2D eigenvalue weighted by molar-refractivity contribution is -0.137. The summed E-state index contributed by atoms with van der Waals surface area (Å²) in [5, 5.41) is 14.8. The van der Waals surface area contributed by atoms with Crippen LogP contribution < -0.4 is 10.6 Å². The number of fused-ring (bicyclic) bond motifs is 3. The maximum Gasteiger partial charge on any atom is 0.407 e. The van der Waals surface area contributed by atoms with Crippen LogP contribution in [0.4, 0.5) is 4.79 Å². The molecule has 0 spiro atoms. The minimum absolute atomic E-state index is 0.00462. The van der Waals surface area contributed by atoms with Crippen molar-refractivity contribution in [2.45, 2.75) is 63.5 Å². The minimum atomic E-state index is -0.917. The van der Waals surface area contributed by atoms with Crippen LogP contribution in [-0.2, 0) is 14.3 Å². The predicted octanol–water partition coefficient (Wildman–Crippen LogP) is 4.45. The first kappa shape index (κ1) is 23.8. The summed E-state index contributed by atoms with van der Waals surface area (Å²) in [6.45, 7) is 2.22. The van der Waals surface area contributed by atoms with E-state index in [0.717, 1.165) is 17.5 Å². The second-order valence-electron chi connectivity index (χ2n) is 9.27. The molecule has 0 radical (unpaired) electrons. The number of alkyl carbamates (subject to hydrolysis) is 1. The molecule has 2 aromatic carbocycles. The molecule has 0 aromatic heterocycles. The number of benzene rings is 2. The molecule has 2 aliphatic carbocycles. The summed E-state index contributed by atoms with van der Waals surface area (Å²) in [7, 11) is 0. The van der Waals surface area contributed by atoms with Crippen LogP contribution in [0.25, 0.3) is 11.1 Å². The molecule has 7 heteroatoms. The third kappa shape index (κ3) is 5.41. The monoisotopic (exact) mass is 464 g/mol. The number of aliphatic carboxylic acids is 1. The molecule has 180 valence electrons. The molecule has 2 aromatic rings. The summed E-state index contributed by atoms with van der Waals surface area (Å²) < 4.78 is 5.62. The normalized spacial score (nSPS) is 19.7. The van der Waals surface area contributed by atoms with Gasteiger partial charge in [-0.15, -0.1) is 0 Å². The second-order valence-corrected chi connectivity index (χ2v) is 9.27. The van der Waals surface area contributed by atoms with Gasteiger partial charge in [0.25, 0.3) is 0 Å². The van der Waals surface area contributed by atoms with E-state index in [2.05, 4.69) is 34.9 Å². The highest BCUT2D eigenvalue weighted by Gasteiger charge is 2.33. The minimum Gasteiger partial charge on any atom is -0.481 e. The van der Waals surface area contributed by atoms with E-state index in [4.69, 9.17) is 9.84 Å². The third-order valence-electron chi connectivity index (χ3n) is 6.87. The van der Waals surface area contributed by atoms with E-state index in [1.807, 2.05) is 31.2 Å². The Labute approximate surface area is 199 Å². The lowest BCUT2D eigenvalue weighted by atomic mass is 9.98. The second kappa shape index (κ2) is 10.7. The summed E-state index contributed by atoms with van der Waals surface area (Å²) in [5.74, 6) is -1.27. The molecule has 3 atom stereocenters. The van der Waals surface area contributed by atoms with Crippen molar-refractivity contribution >= 4 is 18.0 Å². The van der Waals surface area contributed by atoms with E-state index >= 15 is 0 Å². The van der Waals surface area contributed by atoms with Gasteiger partial charge in [0.1, 0.15) is 6.61 Å². The lowest BCUT2D eigenvalue weighted by Gasteiger charge is -2.19. The molecule has 0 unspecified atom stereocenters. The largest absolute Gasteiger partial charge is 0.481 e. The van der Waals surface area contributed by atoms with Crippen LogP contribution in [-0.4, -0.2) is 41.8 Å². The fourth-order valence-electron chi connectivity index (χ4n) is 5.26. The quantitative estimate of drug-likeness (QED) is 0.508. The lowest BCUT2D eigenvalue weighted by Crippen LogP contribution is -2.40. The van der Waals surface area contributed by atoms with Crippen molar-refractivity contribution < 1.29 is 24.2 Å². The summed E-state index contributed by atoms with van der Waals surface area (Å²) in [5.41, 5.74) is 4.69. The molecular weight excluding hydrogens is 432 g/mol. The fourth-order valence-corrected chi connectivity index (χ4v) is 5.26. The van der Waals surface area contributed by atoms with Crippen LogP contribution in [0.15, 0.2) is 48.5 Å². The summed E-state index contributed by atoms with van der Waals surface area (Å²) in [4.78, 5) is 36.2. The zero-order chi connectivity index (χ0) is 24.1. The Hall–Kier alpha value is -3.35. The predicted molar refractivity (Wildman–Crippen MR) is 128 cm³/mol. The van der Waals surface area contributed by atoms with Crippen molar-refractivity contribution in [2.75, 3.05) is 6.61 Å². The Morgan fingerprint density at radius 1 is 1.03 bits per heavy atom. The number of carbonyl (C=O) groups is 3. The van der Waals surface area contributed by atoms with Crippen molar-refractivity contribution in [2.24, 2.45) is 5.92 Å². The Morgan fingerprint density at radius 2 is 1.68 bits per heavy atom. The van der Waals surface area contributed by atoms with E-state index in [9.17, 15) is 14.4 Å². The van der Waals surface area contributed by atoms with Gasteiger partial charge in [-0.1, -0.05) is 61.9 Å². The van der Waals surface area contributed by atoms with Crippen LogP contribution >= 0.6 is 0 Å². The Kier molecular flexibility index (Phi) is 7.50. The van der Waals surface area contributed by atoms with Gasteiger partial charge in [-0.25, -0.2) is 4.79 Å². The molecule has 0 heterocycles. The SMILES string of the molecule is CCC[C@H](CC(=O)O)NC(=O)[C@H]1CC[C@@H](NC(=O)OCC2c3ccccc3-c3ccccc32)C1. The Bertz CT molecular complexity index is 1010. The first-order valence-electron chi connectivity index (χ1n) is 12.1. The highest BCUT2D eigenvalue weighted by Crippen LogP contribution is 2.44. The van der Waals surface area contributed by atoms with Gasteiger partial charge >= 0.3 is 12.1 Å². The van der Waals surface area contributed by atoms with Crippen LogP contribution in [0.3, 0.4) is 0 Å². The summed E-state index contributed by atoms with van der Waals surface area (Å²) in [6, 6.07) is 15.9. The molecule has 7 nitrogen and oxygen atoms in total. The van der Waals surface area contributed by atoms with E-state index < -0.39 is 12.1 Å². The third-order valence-corrected chi connectivity index (χ3v) is 6.87. The molecule has 1 saturated carbocycles. The fraction of sp³-hybridized carbons (Fsp3) is 0.444. The van der Waals surface area contributed by atoms with Crippen LogP contribution in [0.5, 0.6) is 0 Å². The summed E-state index contributed by atoms with van der Waals surface area (Å²) >= 11 is 0. The molecule has 34 heavy (non-hydrogen) atoms. The average Bonchev–Trinajstić information content (AvgIpc) is 3.40. The topological polar surface area (TPSA) is 105 Å². The molecule has 0 bridgehead atoms. The molecule has 0 aliphatic heterocycles. The number of nitrogens with one attached hydrogen (secondary N) is 2. The maximum absolute atomic E-state index is 12.6. The van der Waals surface area contributed by atoms with Crippen molar-refractivity contribution in [1.82, 2.24) is 10.6 Å². The van der Waals surface area contributed by atoms with Crippen LogP contribution in [0.1, 0.15) is 62.5 Å². The van der Waals surface area contributed by atoms with Gasteiger partial charge in [0.05, 0.1) is 6.42 Å². The van der Waals surface area contributed by atoms with Gasteiger partial charge in [0.2, 0.25) is 5.91 Å². The van der Waals surface area contributed by atoms with Gasteiger partial charge in [0, 0.05) is 23.9 Å². The van der Waals surface area contributed by atoms with Gasteiger partial charge in [-0.3, -0.25) is 9.59 Å². The van der Waals surface area contributed by atoms with Gasteiger partial charge in [-0.2, -0.15) is 0 Å². The van der Waals surface area contributed by atoms with Crippen LogP contribution in [0.2, 0.25) is 0 Å². The van der Waals surface area contributed by atoms with Gasteiger partial charge < -0.3 is 20.5 Å². The van der Waals surface area contributed by atoms with Gasteiger partial charge in [0.15, 0.2) is 0 Å². The number of hydrogen-bond acceptors (Lipinski definition) is 4. The van der Waals surface area contributed by atoms with Crippen molar-refractivity contribution in [3.63, 3.8) is 0 Å². The number of carboxylic acids is 1. The van der Waals surface area contributed by atoms with E-state index in [-0.39, 0.29) is 42.9 Å². The molecule has 0 saturated heterocycles. The molecule has 3 N–H and O–H groups in total. The molecule has 1 fully saturated rings. The smallest absolute Gasteiger partial charge is 0.407 e. The first-order valence-corrected chi connectivity index (χ1v) is 12.1. The maximum atomic E-state index is 12.6. The molecular formula is C27H32N2O5. The highest BCUT2D eigenvalue weighted by molar-refractivity contribution is 5.81. The van der Waals surface area contributed by atoms with E-state index in [1.165, 1.54) is 11.1 Å². The summed E-state index contributed by atoms with van der Waals surface area (Å²) in [6.07, 6.45) is 2.77. The standard InChI is InChI=1S/C27H32N2O5/c1-2-7-18(15-25(30)31)28-26(32)17-12-13-19(14-17)29-27(33)34-16-24-22-10-5-3-8-20(22)21-9-4-6-11-23(21)24/h3-6,8-11,17-19,24H,2,7,12-16H2,1H3,(H,28,32)(H,29,33)(H,30,31)/t17-,18+,19+/m0/s1. The number of amides is 2. The zero-order valence-electron chi connectivity index (χ0n) is 19.5.